The van der Waals surface area contributed by atoms with Gasteiger partial charge in [-0.25, -0.2) is 4.68 Å². The van der Waals surface area contributed by atoms with Gasteiger partial charge < -0.3 is 4.90 Å². The summed E-state index contributed by atoms with van der Waals surface area (Å²) in [4.78, 5) is 6.03. The molecule has 1 heterocycles. The molecule has 0 spiro atoms. The summed E-state index contributed by atoms with van der Waals surface area (Å²) in [5, 5.41) is 4.31. The molecule has 1 aromatic heterocycles. The van der Waals surface area contributed by atoms with E-state index in [0.29, 0.717) is 5.95 Å². The third-order valence-electron chi connectivity index (χ3n) is 2.02. The lowest BCUT2D eigenvalue weighted by Gasteiger charge is -2.20. The number of nitrogens with zero attached hydrogens (tertiary/aromatic N) is 4. The van der Waals surface area contributed by atoms with E-state index in [2.05, 4.69) is 37.4 Å². The Morgan fingerprint density at radius 1 is 1.43 bits per heavy atom. The molecule has 14 heavy (non-hydrogen) atoms. The number of hydrogen-bond acceptors (Lipinski definition) is 3. The van der Waals surface area contributed by atoms with E-state index in [1.54, 1.807) is 11.0 Å². The molecule has 0 amide bonds. The van der Waals surface area contributed by atoms with Crippen LogP contribution in [0.3, 0.4) is 0 Å². The summed E-state index contributed by atoms with van der Waals surface area (Å²) in [6.45, 7) is 10.3. The molecule has 0 saturated carbocycles. The number of rotatable bonds is 2. The van der Waals surface area contributed by atoms with Crippen LogP contribution in [0.25, 0.3) is 5.70 Å². The molecule has 0 radical (unpaired) electrons. The Kier molecular flexibility index (Phi) is 2.64. The average molecular weight is 194 g/mol. The highest BCUT2D eigenvalue weighted by Crippen LogP contribution is 2.26. The molecular formula is C10H18N4. The highest BCUT2D eigenvalue weighted by Gasteiger charge is 2.18. The van der Waals surface area contributed by atoms with Crippen LogP contribution in [-0.2, 0) is 0 Å². The third-order valence-corrected chi connectivity index (χ3v) is 2.02. The average Bonchev–Trinajstić information content (AvgIpc) is 2.48. The van der Waals surface area contributed by atoms with Crippen molar-refractivity contribution in [2.75, 3.05) is 19.0 Å². The van der Waals surface area contributed by atoms with Crippen molar-refractivity contribution in [1.82, 2.24) is 14.8 Å². The lowest BCUT2D eigenvalue weighted by Crippen LogP contribution is -2.15. The van der Waals surface area contributed by atoms with Crippen LogP contribution in [0.1, 0.15) is 20.8 Å². The van der Waals surface area contributed by atoms with Crippen molar-refractivity contribution in [3.63, 3.8) is 0 Å². The van der Waals surface area contributed by atoms with Gasteiger partial charge in [0.1, 0.15) is 6.33 Å². The second kappa shape index (κ2) is 3.44. The van der Waals surface area contributed by atoms with Gasteiger partial charge in [-0.3, -0.25) is 0 Å². The van der Waals surface area contributed by atoms with Gasteiger partial charge in [0.25, 0.3) is 0 Å². The Bertz CT molecular complexity index is 330. The maximum Gasteiger partial charge on any atom is 0.244 e. The van der Waals surface area contributed by atoms with Crippen LogP contribution < -0.4 is 4.90 Å². The van der Waals surface area contributed by atoms with Crippen molar-refractivity contribution < 1.29 is 0 Å². The van der Waals surface area contributed by atoms with Gasteiger partial charge >= 0.3 is 0 Å². The normalized spacial score (nSPS) is 11.5. The molecule has 0 aliphatic rings. The molecule has 4 nitrogen and oxygen atoms in total. The molecule has 78 valence electrons. The van der Waals surface area contributed by atoms with Crippen molar-refractivity contribution in [2.24, 2.45) is 5.41 Å². The van der Waals surface area contributed by atoms with Crippen LogP contribution in [0.15, 0.2) is 12.9 Å². The second-order valence-electron chi connectivity index (χ2n) is 4.58. The standard InChI is InChI=1S/C10H18N4/c1-8(10(2,3)4)14-7-11-9(12-14)13(5)6/h7H,1H2,2-6H3. The van der Waals surface area contributed by atoms with Gasteiger partial charge in [0, 0.05) is 25.2 Å². The van der Waals surface area contributed by atoms with Gasteiger partial charge in [-0.05, 0) is 0 Å². The highest BCUT2D eigenvalue weighted by atomic mass is 15.4. The molecule has 0 aliphatic heterocycles. The lowest BCUT2D eigenvalue weighted by atomic mass is 9.93. The van der Waals surface area contributed by atoms with Gasteiger partial charge in [0.15, 0.2) is 0 Å². The SMILES string of the molecule is C=C(n1cnc(N(C)C)n1)C(C)(C)C. The fourth-order valence-electron chi connectivity index (χ4n) is 0.933. The van der Waals surface area contributed by atoms with Crippen molar-refractivity contribution >= 4 is 11.6 Å². The van der Waals surface area contributed by atoms with E-state index in [1.807, 2.05) is 19.0 Å². The maximum absolute atomic E-state index is 4.31. The Balaban J connectivity index is 2.93. The van der Waals surface area contributed by atoms with E-state index < -0.39 is 0 Å². The van der Waals surface area contributed by atoms with Crippen LogP contribution in [-0.4, -0.2) is 28.9 Å². The first-order chi connectivity index (χ1) is 6.32. The Hall–Kier alpha value is -1.32. The number of allylic oxidation sites excluding steroid dienone is 1. The molecule has 0 aromatic carbocycles. The van der Waals surface area contributed by atoms with Crippen molar-refractivity contribution in [3.8, 4) is 0 Å². The van der Waals surface area contributed by atoms with Crippen molar-refractivity contribution in [2.45, 2.75) is 20.8 Å². The van der Waals surface area contributed by atoms with E-state index >= 15 is 0 Å². The monoisotopic (exact) mass is 194 g/mol. The van der Waals surface area contributed by atoms with Crippen LogP contribution in [0, 0.1) is 5.41 Å². The predicted octanol–water partition coefficient (Wildman–Crippen LogP) is 1.86. The van der Waals surface area contributed by atoms with Crippen LogP contribution in [0.4, 0.5) is 5.95 Å². The molecular weight excluding hydrogens is 176 g/mol. The third kappa shape index (κ3) is 2.13. The smallest absolute Gasteiger partial charge is 0.244 e. The van der Waals surface area contributed by atoms with Gasteiger partial charge in [-0.15, -0.1) is 5.10 Å². The van der Waals surface area contributed by atoms with Crippen LogP contribution in [0.5, 0.6) is 0 Å². The second-order valence-corrected chi connectivity index (χ2v) is 4.58. The van der Waals surface area contributed by atoms with E-state index in [1.165, 1.54) is 0 Å². The first kappa shape index (κ1) is 10.8. The van der Waals surface area contributed by atoms with Gasteiger partial charge in [-0.2, -0.15) is 4.98 Å². The van der Waals surface area contributed by atoms with Gasteiger partial charge in [-0.1, -0.05) is 27.4 Å². The number of anilines is 1. The minimum Gasteiger partial charge on any atom is -0.346 e. The summed E-state index contributed by atoms with van der Waals surface area (Å²) in [6, 6.07) is 0. The topological polar surface area (TPSA) is 34.0 Å². The van der Waals surface area contributed by atoms with E-state index in [9.17, 15) is 0 Å². The summed E-state index contributed by atoms with van der Waals surface area (Å²) < 4.78 is 1.73. The Labute approximate surface area is 85.2 Å². The molecule has 0 saturated heterocycles. The molecule has 0 atom stereocenters. The summed E-state index contributed by atoms with van der Waals surface area (Å²) in [5.41, 5.74) is 0.954. The van der Waals surface area contributed by atoms with Crippen molar-refractivity contribution in [3.05, 3.63) is 12.9 Å². The fourth-order valence-corrected chi connectivity index (χ4v) is 0.933. The zero-order chi connectivity index (χ0) is 10.9. The van der Waals surface area contributed by atoms with Gasteiger partial charge in [0.05, 0.1) is 0 Å². The molecule has 1 rings (SSSR count). The Morgan fingerprint density at radius 2 is 2.00 bits per heavy atom. The largest absolute Gasteiger partial charge is 0.346 e. The summed E-state index contributed by atoms with van der Waals surface area (Å²) in [5.74, 6) is 0.704. The molecule has 0 bridgehead atoms. The minimum absolute atomic E-state index is 0.0112. The first-order valence-electron chi connectivity index (χ1n) is 4.61. The lowest BCUT2D eigenvalue weighted by molar-refractivity contribution is 0.528. The van der Waals surface area contributed by atoms with Crippen LogP contribution >= 0.6 is 0 Å². The van der Waals surface area contributed by atoms with E-state index in [4.69, 9.17) is 0 Å². The van der Waals surface area contributed by atoms with E-state index in [-0.39, 0.29) is 5.41 Å². The summed E-state index contributed by atoms with van der Waals surface area (Å²) in [7, 11) is 3.83. The zero-order valence-corrected chi connectivity index (χ0v) is 9.57. The summed E-state index contributed by atoms with van der Waals surface area (Å²) >= 11 is 0. The van der Waals surface area contributed by atoms with Crippen LogP contribution in [0.2, 0.25) is 0 Å². The van der Waals surface area contributed by atoms with Crippen molar-refractivity contribution in [1.29, 1.82) is 0 Å². The highest BCUT2D eigenvalue weighted by molar-refractivity contribution is 5.46. The minimum atomic E-state index is 0.0112. The molecule has 0 N–H and O–H groups in total. The quantitative estimate of drug-likeness (QED) is 0.720. The predicted molar refractivity (Wildman–Crippen MR) is 59.1 cm³/mol. The number of hydrogen-bond donors (Lipinski definition) is 0. The fraction of sp³-hybridized carbons (Fsp3) is 0.600. The molecule has 4 heteroatoms. The molecule has 0 fully saturated rings. The van der Waals surface area contributed by atoms with E-state index in [0.717, 1.165) is 5.70 Å². The zero-order valence-electron chi connectivity index (χ0n) is 9.57. The first-order valence-corrected chi connectivity index (χ1v) is 4.61. The summed E-state index contributed by atoms with van der Waals surface area (Å²) in [6.07, 6.45) is 1.70. The molecule has 1 aromatic rings. The maximum atomic E-state index is 4.31. The Morgan fingerprint density at radius 3 is 2.36 bits per heavy atom. The molecule has 0 aliphatic carbocycles. The molecule has 0 unspecified atom stereocenters. The number of aromatic nitrogens is 3. The van der Waals surface area contributed by atoms with Gasteiger partial charge in [0.2, 0.25) is 5.95 Å².